The van der Waals surface area contributed by atoms with E-state index in [1.807, 2.05) is 0 Å². The van der Waals surface area contributed by atoms with E-state index in [0.717, 1.165) is 25.7 Å². The second kappa shape index (κ2) is 11.9. The van der Waals surface area contributed by atoms with Gasteiger partial charge in [-0.25, -0.2) is 0 Å². The zero-order chi connectivity index (χ0) is 12.9. The van der Waals surface area contributed by atoms with E-state index in [2.05, 4.69) is 13.8 Å². The van der Waals surface area contributed by atoms with E-state index in [1.54, 1.807) is 0 Å². The summed E-state index contributed by atoms with van der Waals surface area (Å²) in [6.45, 7) is 4.75. The van der Waals surface area contributed by atoms with Crippen molar-refractivity contribution in [3.05, 3.63) is 0 Å². The van der Waals surface area contributed by atoms with E-state index >= 15 is 0 Å². The van der Waals surface area contributed by atoms with Gasteiger partial charge in [-0.2, -0.15) is 0 Å². The molecule has 0 rings (SSSR count). The molecule has 0 aliphatic carbocycles. The van der Waals surface area contributed by atoms with Crippen LogP contribution in [0.15, 0.2) is 0 Å². The average molecular weight is 244 g/mol. The summed E-state index contributed by atoms with van der Waals surface area (Å²) in [5.41, 5.74) is 0. The molecule has 0 bridgehead atoms. The van der Waals surface area contributed by atoms with Crippen LogP contribution in [0, 0.1) is 0 Å². The van der Waals surface area contributed by atoms with Crippen molar-refractivity contribution < 1.29 is 14.6 Å². The third-order valence-electron chi connectivity index (χ3n) is 2.83. The van der Waals surface area contributed by atoms with Gasteiger partial charge in [-0.15, -0.1) is 0 Å². The highest BCUT2D eigenvalue weighted by molar-refractivity contribution is 5.69. The van der Waals surface area contributed by atoms with E-state index in [4.69, 9.17) is 4.74 Å². The smallest absolute Gasteiger partial charge is 0.305 e. The Morgan fingerprint density at radius 1 is 1.06 bits per heavy atom. The number of ether oxygens (including phenoxy) is 1. The van der Waals surface area contributed by atoms with E-state index in [1.165, 1.54) is 19.3 Å². The zero-order valence-electron chi connectivity index (χ0n) is 11.4. The molecule has 3 nitrogen and oxygen atoms in total. The van der Waals surface area contributed by atoms with E-state index in [0.29, 0.717) is 19.4 Å². The standard InChI is InChI=1S/C14H28O3/c1-3-5-7-8-9-13(15)10-11-14(16)17-12-6-4-2/h13,15H,3-12H2,1-2H3/t13-/m1/s1. The highest BCUT2D eigenvalue weighted by Crippen LogP contribution is 2.10. The number of unbranched alkanes of at least 4 members (excludes halogenated alkanes) is 4. The summed E-state index contributed by atoms with van der Waals surface area (Å²) < 4.78 is 5.03. The predicted octanol–water partition coefficient (Wildman–Crippen LogP) is 3.44. The summed E-state index contributed by atoms with van der Waals surface area (Å²) in [7, 11) is 0. The molecular weight excluding hydrogens is 216 g/mol. The number of hydrogen-bond acceptors (Lipinski definition) is 3. The van der Waals surface area contributed by atoms with Gasteiger partial charge in [0, 0.05) is 6.42 Å². The molecule has 0 unspecified atom stereocenters. The lowest BCUT2D eigenvalue weighted by molar-refractivity contribution is -0.144. The molecule has 1 atom stereocenters. The summed E-state index contributed by atoms with van der Waals surface area (Å²) in [5.74, 6) is -0.175. The lowest BCUT2D eigenvalue weighted by Gasteiger charge is -2.10. The second-order valence-electron chi connectivity index (χ2n) is 4.62. The Bertz CT molecular complexity index is 180. The molecule has 0 aliphatic heterocycles. The van der Waals surface area contributed by atoms with Crippen LogP contribution in [0.4, 0.5) is 0 Å². The van der Waals surface area contributed by atoms with Gasteiger partial charge in [0.15, 0.2) is 0 Å². The Morgan fingerprint density at radius 2 is 1.76 bits per heavy atom. The molecule has 0 aromatic carbocycles. The van der Waals surface area contributed by atoms with Crippen molar-refractivity contribution in [1.29, 1.82) is 0 Å². The first-order valence-corrected chi connectivity index (χ1v) is 7.04. The van der Waals surface area contributed by atoms with Gasteiger partial charge in [-0.05, 0) is 19.3 Å². The minimum atomic E-state index is -0.342. The van der Waals surface area contributed by atoms with Crippen molar-refractivity contribution in [2.45, 2.75) is 77.7 Å². The van der Waals surface area contributed by atoms with Crippen LogP contribution in [0.2, 0.25) is 0 Å². The Morgan fingerprint density at radius 3 is 2.41 bits per heavy atom. The highest BCUT2D eigenvalue weighted by atomic mass is 16.5. The average Bonchev–Trinajstić information content (AvgIpc) is 2.32. The molecule has 0 amide bonds. The van der Waals surface area contributed by atoms with Crippen molar-refractivity contribution in [3.63, 3.8) is 0 Å². The molecule has 3 heteroatoms. The summed E-state index contributed by atoms with van der Waals surface area (Å²) in [6.07, 6.45) is 7.97. The van der Waals surface area contributed by atoms with Crippen molar-refractivity contribution in [1.82, 2.24) is 0 Å². The van der Waals surface area contributed by atoms with E-state index in [-0.39, 0.29) is 12.1 Å². The second-order valence-corrected chi connectivity index (χ2v) is 4.62. The SMILES string of the molecule is CCCCCC[C@@H](O)CCC(=O)OCCCC. The maximum absolute atomic E-state index is 11.3. The highest BCUT2D eigenvalue weighted by Gasteiger charge is 2.08. The van der Waals surface area contributed by atoms with Crippen LogP contribution < -0.4 is 0 Å². The van der Waals surface area contributed by atoms with Gasteiger partial charge in [0.05, 0.1) is 12.7 Å². The van der Waals surface area contributed by atoms with Crippen LogP contribution in [-0.4, -0.2) is 23.8 Å². The van der Waals surface area contributed by atoms with Crippen LogP contribution in [0.3, 0.4) is 0 Å². The monoisotopic (exact) mass is 244 g/mol. The molecule has 0 radical (unpaired) electrons. The van der Waals surface area contributed by atoms with Crippen LogP contribution >= 0.6 is 0 Å². The predicted molar refractivity (Wildman–Crippen MR) is 69.9 cm³/mol. The normalized spacial score (nSPS) is 12.4. The van der Waals surface area contributed by atoms with Crippen molar-refractivity contribution in [2.24, 2.45) is 0 Å². The number of hydrogen-bond donors (Lipinski definition) is 1. The third kappa shape index (κ3) is 11.7. The molecule has 1 N–H and O–H groups in total. The van der Waals surface area contributed by atoms with Gasteiger partial charge in [0.2, 0.25) is 0 Å². The fourth-order valence-corrected chi connectivity index (χ4v) is 1.64. The lowest BCUT2D eigenvalue weighted by atomic mass is 10.1. The number of aliphatic hydroxyl groups is 1. The zero-order valence-corrected chi connectivity index (χ0v) is 11.4. The molecule has 0 aromatic rings. The molecular formula is C14H28O3. The van der Waals surface area contributed by atoms with Gasteiger partial charge >= 0.3 is 5.97 Å². The minimum absolute atomic E-state index is 0.175. The minimum Gasteiger partial charge on any atom is -0.466 e. The number of esters is 1. The number of carbonyl (C=O) groups excluding carboxylic acids is 1. The van der Waals surface area contributed by atoms with E-state index in [9.17, 15) is 9.90 Å². The van der Waals surface area contributed by atoms with Gasteiger partial charge in [0.25, 0.3) is 0 Å². The van der Waals surface area contributed by atoms with Crippen molar-refractivity contribution in [2.75, 3.05) is 6.61 Å². The topological polar surface area (TPSA) is 46.5 Å². The first-order chi connectivity index (χ1) is 8.20. The van der Waals surface area contributed by atoms with Gasteiger partial charge in [0.1, 0.15) is 0 Å². The van der Waals surface area contributed by atoms with E-state index < -0.39 is 0 Å². The molecule has 0 aromatic heterocycles. The Hall–Kier alpha value is -0.570. The molecule has 0 heterocycles. The summed E-state index contributed by atoms with van der Waals surface area (Å²) in [6, 6.07) is 0. The summed E-state index contributed by atoms with van der Waals surface area (Å²) in [5, 5.41) is 9.66. The Kier molecular flexibility index (Phi) is 11.5. The van der Waals surface area contributed by atoms with Crippen LogP contribution in [-0.2, 0) is 9.53 Å². The van der Waals surface area contributed by atoms with Crippen LogP contribution in [0.5, 0.6) is 0 Å². The molecule has 0 aliphatic rings. The first kappa shape index (κ1) is 16.4. The largest absolute Gasteiger partial charge is 0.466 e. The Balaban J connectivity index is 3.35. The van der Waals surface area contributed by atoms with Crippen LogP contribution in [0.25, 0.3) is 0 Å². The molecule has 0 fully saturated rings. The quantitative estimate of drug-likeness (QED) is 0.447. The summed E-state index contributed by atoms with van der Waals surface area (Å²) >= 11 is 0. The van der Waals surface area contributed by atoms with Gasteiger partial charge in [-0.1, -0.05) is 46.0 Å². The van der Waals surface area contributed by atoms with Crippen molar-refractivity contribution in [3.8, 4) is 0 Å². The van der Waals surface area contributed by atoms with Gasteiger partial charge < -0.3 is 9.84 Å². The maximum Gasteiger partial charge on any atom is 0.305 e. The number of rotatable bonds is 11. The molecule has 17 heavy (non-hydrogen) atoms. The van der Waals surface area contributed by atoms with Crippen molar-refractivity contribution >= 4 is 5.97 Å². The molecule has 102 valence electrons. The molecule has 0 spiro atoms. The lowest BCUT2D eigenvalue weighted by Crippen LogP contribution is -2.12. The first-order valence-electron chi connectivity index (χ1n) is 7.04. The molecule has 0 saturated heterocycles. The Labute approximate surface area is 106 Å². The molecule has 0 saturated carbocycles. The fourth-order valence-electron chi connectivity index (χ4n) is 1.64. The fraction of sp³-hybridized carbons (Fsp3) is 0.929. The third-order valence-corrected chi connectivity index (χ3v) is 2.83. The van der Waals surface area contributed by atoms with Crippen LogP contribution in [0.1, 0.15) is 71.6 Å². The van der Waals surface area contributed by atoms with Gasteiger partial charge in [-0.3, -0.25) is 4.79 Å². The number of carbonyl (C=O) groups is 1. The summed E-state index contributed by atoms with van der Waals surface area (Å²) in [4.78, 5) is 11.3. The maximum atomic E-state index is 11.3. The number of aliphatic hydroxyl groups excluding tert-OH is 1.